The molecule has 2 nitrogen and oxygen atoms in total. The Morgan fingerprint density at radius 2 is 0.933 bits per heavy atom. The number of nitrogens with zero attached hydrogens (tertiary/aromatic N) is 2. The van der Waals surface area contributed by atoms with Gasteiger partial charge in [0.1, 0.15) is 0 Å². The van der Waals surface area contributed by atoms with E-state index in [-0.39, 0.29) is 0 Å². The summed E-state index contributed by atoms with van der Waals surface area (Å²) in [5, 5.41) is 2.18. The molecule has 0 unspecified atom stereocenters. The smallest absolute Gasteiger partial charge is 0.0858 e. The topological polar surface area (TPSA) is 25.8 Å². The molecule has 30 heavy (non-hydrogen) atoms. The van der Waals surface area contributed by atoms with Crippen LogP contribution in [0.3, 0.4) is 0 Å². The number of aromatic nitrogens is 2. The lowest BCUT2D eigenvalue weighted by Crippen LogP contribution is -1.84. The van der Waals surface area contributed by atoms with Crippen molar-refractivity contribution in [3.05, 3.63) is 120 Å². The fraction of sp³-hybridized carbons (Fsp3) is 0. The van der Waals surface area contributed by atoms with Crippen molar-refractivity contribution < 1.29 is 0 Å². The van der Waals surface area contributed by atoms with E-state index in [0.717, 1.165) is 44.1 Å². The molecule has 2 heteroatoms. The highest BCUT2D eigenvalue weighted by Gasteiger charge is 1.99. The number of hydrogen-bond acceptors (Lipinski definition) is 2. The van der Waals surface area contributed by atoms with Crippen molar-refractivity contribution in [1.82, 2.24) is 9.97 Å². The standard InChI is InChI=1S/C28H16N2/c1-6-21(14-16-25-10-2-8-23-12-4-18-29-27(23)25)20-22(7-1)15-17-26-11-3-9-24-13-5-19-30-28(24)26/h1-13,18-20H. The Kier molecular flexibility index (Phi) is 4.67. The molecule has 0 bridgehead atoms. The van der Waals surface area contributed by atoms with E-state index < -0.39 is 0 Å². The maximum atomic E-state index is 4.47. The molecule has 5 aromatic rings. The van der Waals surface area contributed by atoms with Crippen molar-refractivity contribution >= 4 is 21.8 Å². The molecule has 3 aromatic carbocycles. The summed E-state index contributed by atoms with van der Waals surface area (Å²) >= 11 is 0. The van der Waals surface area contributed by atoms with Gasteiger partial charge in [0, 0.05) is 34.3 Å². The molecule has 0 N–H and O–H groups in total. The Bertz CT molecular complexity index is 1390. The van der Waals surface area contributed by atoms with Crippen molar-refractivity contribution in [2.45, 2.75) is 0 Å². The van der Waals surface area contributed by atoms with Crippen LogP contribution in [0.15, 0.2) is 97.3 Å². The van der Waals surface area contributed by atoms with Gasteiger partial charge >= 0.3 is 0 Å². The summed E-state index contributed by atoms with van der Waals surface area (Å²) in [4.78, 5) is 8.94. The second kappa shape index (κ2) is 7.92. The number of hydrogen-bond donors (Lipinski definition) is 0. The molecule has 0 atom stereocenters. The van der Waals surface area contributed by atoms with Gasteiger partial charge in [-0.3, -0.25) is 9.97 Å². The lowest BCUT2D eigenvalue weighted by molar-refractivity contribution is 1.40. The fourth-order valence-corrected chi connectivity index (χ4v) is 3.36. The Labute approximate surface area is 175 Å². The van der Waals surface area contributed by atoms with Gasteiger partial charge in [-0.1, -0.05) is 66.1 Å². The minimum Gasteiger partial charge on any atom is -0.255 e. The lowest BCUT2D eigenvalue weighted by Gasteiger charge is -1.99. The molecule has 5 rings (SSSR count). The minimum absolute atomic E-state index is 0.922. The fourth-order valence-electron chi connectivity index (χ4n) is 3.36. The molecule has 2 heterocycles. The lowest BCUT2D eigenvalue weighted by atomic mass is 10.1. The first-order chi connectivity index (χ1) is 14.9. The summed E-state index contributed by atoms with van der Waals surface area (Å²) < 4.78 is 0. The summed E-state index contributed by atoms with van der Waals surface area (Å²) in [5.41, 5.74) is 5.54. The maximum absolute atomic E-state index is 4.47. The SMILES string of the molecule is C(#Cc1cccc2cccnc12)c1cccc(C#Cc2cccc3cccnc23)c1. The molecule has 0 saturated heterocycles. The zero-order chi connectivity index (χ0) is 20.2. The molecule has 0 aliphatic heterocycles. The number of fused-ring (bicyclic) bond motifs is 2. The number of rotatable bonds is 0. The molecule has 0 aliphatic carbocycles. The van der Waals surface area contributed by atoms with Crippen molar-refractivity contribution in [3.8, 4) is 23.7 Å². The summed E-state index contributed by atoms with van der Waals surface area (Å²) in [6, 6.07) is 28.1. The van der Waals surface area contributed by atoms with Gasteiger partial charge in [0.05, 0.1) is 22.2 Å². The maximum Gasteiger partial charge on any atom is 0.0858 e. The first-order valence-electron chi connectivity index (χ1n) is 9.68. The zero-order valence-electron chi connectivity index (χ0n) is 16.1. The van der Waals surface area contributed by atoms with E-state index >= 15 is 0 Å². The Morgan fingerprint density at radius 3 is 1.47 bits per heavy atom. The predicted octanol–water partition coefficient (Wildman–Crippen LogP) is 5.58. The van der Waals surface area contributed by atoms with Gasteiger partial charge in [-0.05, 0) is 42.5 Å². The third-order valence-corrected chi connectivity index (χ3v) is 4.81. The van der Waals surface area contributed by atoms with Gasteiger partial charge in [-0.2, -0.15) is 0 Å². The van der Waals surface area contributed by atoms with Crippen LogP contribution in [0, 0.1) is 23.7 Å². The molecular formula is C28H16N2. The van der Waals surface area contributed by atoms with Crippen LogP contribution in [0.25, 0.3) is 21.8 Å². The molecule has 0 aliphatic rings. The number of para-hydroxylation sites is 2. The second-order valence-corrected chi connectivity index (χ2v) is 6.84. The van der Waals surface area contributed by atoms with E-state index in [1.807, 2.05) is 84.9 Å². The summed E-state index contributed by atoms with van der Waals surface area (Å²) in [5.74, 6) is 13.0. The van der Waals surface area contributed by atoms with Crippen LogP contribution in [-0.2, 0) is 0 Å². The van der Waals surface area contributed by atoms with E-state index in [2.05, 4.69) is 33.6 Å². The van der Waals surface area contributed by atoms with E-state index in [1.54, 1.807) is 12.4 Å². The van der Waals surface area contributed by atoms with Crippen LogP contribution in [-0.4, -0.2) is 9.97 Å². The Balaban J connectivity index is 1.48. The summed E-state index contributed by atoms with van der Waals surface area (Å²) in [7, 11) is 0. The highest BCUT2D eigenvalue weighted by molar-refractivity contribution is 5.85. The van der Waals surface area contributed by atoms with Crippen LogP contribution in [0.5, 0.6) is 0 Å². The van der Waals surface area contributed by atoms with E-state index in [1.165, 1.54) is 0 Å². The molecule has 138 valence electrons. The monoisotopic (exact) mass is 380 g/mol. The van der Waals surface area contributed by atoms with E-state index in [9.17, 15) is 0 Å². The minimum atomic E-state index is 0.922. The first-order valence-corrected chi connectivity index (χ1v) is 9.68. The molecule has 0 amide bonds. The van der Waals surface area contributed by atoms with Gasteiger partial charge in [-0.25, -0.2) is 0 Å². The van der Waals surface area contributed by atoms with Crippen LogP contribution in [0.4, 0.5) is 0 Å². The summed E-state index contributed by atoms with van der Waals surface area (Å²) in [6.45, 7) is 0. The largest absolute Gasteiger partial charge is 0.255 e. The molecule has 0 spiro atoms. The third-order valence-electron chi connectivity index (χ3n) is 4.81. The van der Waals surface area contributed by atoms with Crippen LogP contribution < -0.4 is 0 Å². The van der Waals surface area contributed by atoms with Crippen molar-refractivity contribution in [1.29, 1.82) is 0 Å². The van der Waals surface area contributed by atoms with Crippen LogP contribution >= 0.6 is 0 Å². The highest BCUT2D eigenvalue weighted by Crippen LogP contribution is 2.16. The second-order valence-electron chi connectivity index (χ2n) is 6.84. The van der Waals surface area contributed by atoms with Crippen LogP contribution in [0.1, 0.15) is 22.3 Å². The van der Waals surface area contributed by atoms with Gasteiger partial charge in [0.25, 0.3) is 0 Å². The Morgan fingerprint density at radius 1 is 0.467 bits per heavy atom. The average Bonchev–Trinajstić information content (AvgIpc) is 2.81. The van der Waals surface area contributed by atoms with Crippen molar-refractivity contribution in [2.24, 2.45) is 0 Å². The highest BCUT2D eigenvalue weighted by atomic mass is 14.7. The van der Waals surface area contributed by atoms with Crippen molar-refractivity contribution in [3.63, 3.8) is 0 Å². The van der Waals surface area contributed by atoms with Gasteiger partial charge in [0.15, 0.2) is 0 Å². The Hall–Kier alpha value is -4.40. The van der Waals surface area contributed by atoms with E-state index in [4.69, 9.17) is 0 Å². The molecule has 2 aromatic heterocycles. The predicted molar refractivity (Wildman–Crippen MR) is 122 cm³/mol. The van der Waals surface area contributed by atoms with Crippen LogP contribution in [0.2, 0.25) is 0 Å². The third kappa shape index (κ3) is 3.63. The molecular weight excluding hydrogens is 364 g/mol. The first kappa shape index (κ1) is 17.7. The van der Waals surface area contributed by atoms with Gasteiger partial charge in [-0.15, -0.1) is 0 Å². The molecule has 0 radical (unpaired) electrons. The quantitative estimate of drug-likeness (QED) is 0.328. The zero-order valence-corrected chi connectivity index (χ0v) is 16.1. The van der Waals surface area contributed by atoms with Gasteiger partial charge in [0.2, 0.25) is 0 Å². The average molecular weight is 380 g/mol. The molecule has 0 fully saturated rings. The van der Waals surface area contributed by atoms with Crippen molar-refractivity contribution in [2.75, 3.05) is 0 Å². The number of benzene rings is 3. The number of pyridine rings is 2. The normalized spacial score (nSPS) is 10.1. The van der Waals surface area contributed by atoms with Gasteiger partial charge < -0.3 is 0 Å². The molecule has 0 saturated carbocycles. The summed E-state index contributed by atoms with van der Waals surface area (Å²) in [6.07, 6.45) is 3.59. The van der Waals surface area contributed by atoms with E-state index in [0.29, 0.717) is 0 Å².